The molecule has 162 valence electrons. The highest BCUT2D eigenvalue weighted by molar-refractivity contribution is 5.95. The van der Waals surface area contributed by atoms with Crippen LogP contribution in [0, 0.1) is 23.6 Å². The Morgan fingerprint density at radius 3 is 2.63 bits per heavy atom. The van der Waals surface area contributed by atoms with E-state index in [0.29, 0.717) is 23.5 Å². The molecule has 0 saturated heterocycles. The SMILES string of the molecule is CCCCC1CC[C@@H]2CC(c3cc(F)c4cc(C(=O)OCC)ccc4c3)CC[C@H]2C1. The smallest absolute Gasteiger partial charge is 0.338 e. The summed E-state index contributed by atoms with van der Waals surface area (Å²) in [5.74, 6) is 2.48. The van der Waals surface area contributed by atoms with E-state index in [1.165, 1.54) is 57.8 Å². The van der Waals surface area contributed by atoms with Gasteiger partial charge in [-0.05, 0) is 91.8 Å². The van der Waals surface area contributed by atoms with Crippen LogP contribution in [0.5, 0.6) is 0 Å². The molecule has 0 spiro atoms. The number of hydrogen-bond acceptors (Lipinski definition) is 2. The number of rotatable bonds is 6. The maximum absolute atomic E-state index is 15.0. The van der Waals surface area contributed by atoms with Gasteiger partial charge in [0.25, 0.3) is 0 Å². The van der Waals surface area contributed by atoms with Crippen molar-refractivity contribution in [2.45, 2.75) is 77.6 Å². The summed E-state index contributed by atoms with van der Waals surface area (Å²) in [5, 5.41) is 1.39. The van der Waals surface area contributed by atoms with Gasteiger partial charge >= 0.3 is 5.97 Å². The summed E-state index contributed by atoms with van der Waals surface area (Å²) in [5.41, 5.74) is 1.55. The van der Waals surface area contributed by atoms with Crippen molar-refractivity contribution in [3.8, 4) is 0 Å². The van der Waals surface area contributed by atoms with Crippen LogP contribution in [-0.4, -0.2) is 12.6 Å². The molecule has 2 nitrogen and oxygen atoms in total. The van der Waals surface area contributed by atoms with Gasteiger partial charge in [0.2, 0.25) is 0 Å². The number of hydrogen-bond donors (Lipinski definition) is 0. The fourth-order valence-electron chi connectivity index (χ4n) is 5.96. The Labute approximate surface area is 180 Å². The second-order valence-electron chi connectivity index (χ2n) is 9.51. The second kappa shape index (κ2) is 9.49. The highest BCUT2D eigenvalue weighted by atomic mass is 19.1. The van der Waals surface area contributed by atoms with Crippen molar-refractivity contribution in [3.63, 3.8) is 0 Å². The molecule has 4 atom stereocenters. The van der Waals surface area contributed by atoms with Crippen LogP contribution in [0.2, 0.25) is 0 Å². The van der Waals surface area contributed by atoms with Crippen LogP contribution in [0.25, 0.3) is 10.8 Å². The van der Waals surface area contributed by atoms with Gasteiger partial charge in [0.05, 0.1) is 12.2 Å². The molecule has 2 saturated carbocycles. The van der Waals surface area contributed by atoms with E-state index in [1.807, 2.05) is 6.07 Å². The minimum Gasteiger partial charge on any atom is -0.462 e. The minimum absolute atomic E-state index is 0.223. The molecule has 2 aromatic carbocycles. The lowest BCUT2D eigenvalue weighted by Gasteiger charge is -2.42. The molecule has 0 aromatic heterocycles. The number of esters is 1. The van der Waals surface area contributed by atoms with E-state index in [9.17, 15) is 9.18 Å². The van der Waals surface area contributed by atoms with Gasteiger partial charge in [-0.25, -0.2) is 9.18 Å². The molecule has 2 aliphatic rings. The number of carbonyl (C=O) groups is 1. The second-order valence-corrected chi connectivity index (χ2v) is 9.51. The zero-order valence-electron chi connectivity index (χ0n) is 18.5. The summed E-state index contributed by atoms with van der Waals surface area (Å²) in [4.78, 5) is 12.0. The first-order valence-corrected chi connectivity index (χ1v) is 12.0. The van der Waals surface area contributed by atoms with Gasteiger partial charge in [-0.15, -0.1) is 0 Å². The van der Waals surface area contributed by atoms with Gasteiger partial charge in [0, 0.05) is 5.39 Å². The standard InChI is InChI=1S/C27H35FO2/c1-3-5-6-18-7-8-20-14-21(10-9-19(20)13-18)24-15-22-11-12-23(27(29)30-4-2)16-25(22)26(28)17-24/h11-12,15-21H,3-10,13-14H2,1-2H3/t18?,19-,20+,21?/m0/s1. The predicted octanol–water partition coefficient (Wildman–Crippen LogP) is 7.65. The van der Waals surface area contributed by atoms with Crippen LogP contribution < -0.4 is 0 Å². The number of unbranched alkanes of at least 4 members (excludes halogenated alkanes) is 1. The molecule has 2 unspecified atom stereocenters. The van der Waals surface area contributed by atoms with E-state index in [2.05, 4.69) is 13.0 Å². The maximum Gasteiger partial charge on any atom is 0.338 e. The van der Waals surface area contributed by atoms with E-state index in [0.717, 1.165) is 28.7 Å². The molecule has 2 aliphatic carbocycles. The number of halogens is 1. The first-order chi connectivity index (χ1) is 14.6. The van der Waals surface area contributed by atoms with Crippen LogP contribution in [0.1, 0.15) is 93.5 Å². The summed E-state index contributed by atoms with van der Waals surface area (Å²) in [6.07, 6.45) is 11.9. The molecule has 0 heterocycles. The number of fused-ring (bicyclic) bond motifs is 2. The molecular weight excluding hydrogens is 375 g/mol. The van der Waals surface area contributed by atoms with E-state index in [1.54, 1.807) is 25.1 Å². The molecule has 30 heavy (non-hydrogen) atoms. The van der Waals surface area contributed by atoms with Crippen molar-refractivity contribution >= 4 is 16.7 Å². The monoisotopic (exact) mass is 410 g/mol. The normalized spacial score (nSPS) is 26.4. The van der Waals surface area contributed by atoms with Gasteiger partial charge in [-0.2, -0.15) is 0 Å². The Hall–Kier alpha value is -1.90. The van der Waals surface area contributed by atoms with Crippen LogP contribution in [-0.2, 0) is 4.74 Å². The molecule has 0 N–H and O–H groups in total. The summed E-state index contributed by atoms with van der Waals surface area (Å²) in [7, 11) is 0. The highest BCUT2D eigenvalue weighted by Gasteiger charge is 2.36. The van der Waals surface area contributed by atoms with Gasteiger partial charge in [-0.1, -0.05) is 44.7 Å². The Kier molecular flexibility index (Phi) is 6.75. The first kappa shape index (κ1) is 21.3. The van der Waals surface area contributed by atoms with Gasteiger partial charge in [-0.3, -0.25) is 0 Å². The van der Waals surface area contributed by atoms with Crippen LogP contribution >= 0.6 is 0 Å². The summed E-state index contributed by atoms with van der Waals surface area (Å²) in [6, 6.07) is 9.10. The predicted molar refractivity (Wildman–Crippen MR) is 120 cm³/mol. The van der Waals surface area contributed by atoms with Crippen molar-refractivity contribution in [3.05, 3.63) is 47.3 Å². The number of carbonyl (C=O) groups excluding carboxylic acids is 1. The molecule has 0 aliphatic heterocycles. The molecule has 2 aromatic rings. The Morgan fingerprint density at radius 2 is 1.83 bits per heavy atom. The van der Waals surface area contributed by atoms with E-state index in [-0.39, 0.29) is 5.82 Å². The average Bonchev–Trinajstić information content (AvgIpc) is 2.77. The van der Waals surface area contributed by atoms with Crippen molar-refractivity contribution < 1.29 is 13.9 Å². The van der Waals surface area contributed by atoms with Crippen molar-refractivity contribution in [1.29, 1.82) is 0 Å². The van der Waals surface area contributed by atoms with E-state index >= 15 is 0 Å². The lowest BCUT2D eigenvalue weighted by molar-refractivity contribution is 0.0526. The third-order valence-electron chi connectivity index (χ3n) is 7.60. The van der Waals surface area contributed by atoms with Crippen LogP contribution in [0.3, 0.4) is 0 Å². The summed E-state index contributed by atoms with van der Waals surface area (Å²) < 4.78 is 20.0. The van der Waals surface area contributed by atoms with Crippen molar-refractivity contribution in [2.75, 3.05) is 6.61 Å². The van der Waals surface area contributed by atoms with E-state index in [4.69, 9.17) is 4.74 Å². The summed E-state index contributed by atoms with van der Waals surface area (Å²) in [6.45, 7) is 4.39. The molecule has 0 amide bonds. The number of benzene rings is 2. The zero-order chi connectivity index (χ0) is 21.1. The molecular formula is C27H35FO2. The first-order valence-electron chi connectivity index (χ1n) is 12.0. The van der Waals surface area contributed by atoms with Crippen LogP contribution in [0.15, 0.2) is 30.3 Å². The zero-order valence-corrected chi connectivity index (χ0v) is 18.5. The topological polar surface area (TPSA) is 26.3 Å². The Balaban J connectivity index is 1.48. The molecule has 4 rings (SSSR count). The lowest BCUT2D eigenvalue weighted by Crippen LogP contribution is -2.30. The fraction of sp³-hybridized carbons (Fsp3) is 0.593. The van der Waals surface area contributed by atoms with Crippen molar-refractivity contribution in [2.24, 2.45) is 17.8 Å². The molecule has 0 radical (unpaired) electrons. The third kappa shape index (κ3) is 4.55. The largest absolute Gasteiger partial charge is 0.462 e. The quantitative estimate of drug-likeness (QED) is 0.457. The van der Waals surface area contributed by atoms with Gasteiger partial charge in [0.15, 0.2) is 0 Å². The summed E-state index contributed by atoms with van der Waals surface area (Å²) >= 11 is 0. The lowest BCUT2D eigenvalue weighted by atomic mass is 9.63. The Morgan fingerprint density at radius 1 is 1.03 bits per heavy atom. The highest BCUT2D eigenvalue weighted by Crippen LogP contribution is 2.48. The van der Waals surface area contributed by atoms with Crippen molar-refractivity contribution in [1.82, 2.24) is 0 Å². The number of ether oxygens (including phenoxy) is 1. The van der Waals surface area contributed by atoms with Gasteiger partial charge < -0.3 is 4.74 Å². The van der Waals surface area contributed by atoms with Crippen LogP contribution in [0.4, 0.5) is 4.39 Å². The maximum atomic E-state index is 15.0. The molecule has 3 heteroatoms. The minimum atomic E-state index is -0.393. The van der Waals surface area contributed by atoms with E-state index < -0.39 is 5.97 Å². The Bertz CT molecular complexity index is 890. The molecule has 2 fully saturated rings. The average molecular weight is 411 g/mol. The molecule has 0 bridgehead atoms. The van der Waals surface area contributed by atoms with Gasteiger partial charge in [0.1, 0.15) is 5.82 Å². The third-order valence-corrected chi connectivity index (χ3v) is 7.60. The fourth-order valence-corrected chi connectivity index (χ4v) is 5.96.